The Kier molecular flexibility index (Phi) is 3.54. The van der Waals surface area contributed by atoms with E-state index in [1.165, 1.54) is 11.1 Å². The van der Waals surface area contributed by atoms with Crippen molar-refractivity contribution in [2.45, 2.75) is 19.3 Å². The molecule has 1 aromatic carbocycles. The molecule has 1 atom stereocenters. The number of nitrogens with zero attached hydrogens (tertiary/aromatic N) is 3. The predicted molar refractivity (Wildman–Crippen MR) is 78.2 cm³/mol. The van der Waals surface area contributed by atoms with E-state index in [1.54, 1.807) is 12.5 Å². The summed E-state index contributed by atoms with van der Waals surface area (Å²) in [5.41, 5.74) is 4.61. The molecule has 0 spiro atoms. The Morgan fingerprint density at radius 2 is 1.95 bits per heavy atom. The number of hydrogen-bond acceptors (Lipinski definition) is 3. The van der Waals surface area contributed by atoms with Crippen LogP contribution in [0, 0.1) is 0 Å². The van der Waals surface area contributed by atoms with Gasteiger partial charge in [-0.2, -0.15) is 5.10 Å². The van der Waals surface area contributed by atoms with Crippen LogP contribution in [-0.4, -0.2) is 20.2 Å². The minimum absolute atomic E-state index is 0.316. The molecule has 0 saturated carbocycles. The molecule has 1 N–H and O–H groups in total. The molecule has 2 aromatic heterocycles. The van der Waals surface area contributed by atoms with Crippen LogP contribution in [0.25, 0.3) is 11.1 Å². The highest BCUT2D eigenvalue weighted by molar-refractivity contribution is 5.62. The van der Waals surface area contributed by atoms with E-state index in [1.807, 2.05) is 18.5 Å². The van der Waals surface area contributed by atoms with Gasteiger partial charge in [-0.05, 0) is 23.6 Å². The monoisotopic (exact) mass is 264 g/mol. The Bertz CT molecular complexity index is 645. The van der Waals surface area contributed by atoms with Crippen molar-refractivity contribution in [1.82, 2.24) is 20.2 Å². The third kappa shape index (κ3) is 2.45. The van der Waals surface area contributed by atoms with Gasteiger partial charge in [0.2, 0.25) is 0 Å². The van der Waals surface area contributed by atoms with Gasteiger partial charge in [-0.1, -0.05) is 31.2 Å². The van der Waals surface area contributed by atoms with E-state index in [-0.39, 0.29) is 0 Å². The predicted octanol–water partition coefficient (Wildman–Crippen LogP) is 3.41. The fraction of sp³-hybridized carbons (Fsp3) is 0.188. The molecule has 0 aliphatic heterocycles. The molecule has 0 radical (unpaired) electrons. The fourth-order valence-electron chi connectivity index (χ4n) is 2.44. The molecular weight excluding hydrogens is 248 g/mol. The molecule has 0 aliphatic carbocycles. The highest BCUT2D eigenvalue weighted by Crippen LogP contribution is 2.28. The SMILES string of the molecule is CCC(c1ccc(-c2cn[nH]c2)cc1)c1ccncn1. The number of H-pyrrole nitrogens is 1. The van der Waals surface area contributed by atoms with Crippen molar-refractivity contribution in [3.63, 3.8) is 0 Å². The van der Waals surface area contributed by atoms with Gasteiger partial charge < -0.3 is 0 Å². The smallest absolute Gasteiger partial charge is 0.115 e. The van der Waals surface area contributed by atoms with Gasteiger partial charge in [0.15, 0.2) is 0 Å². The summed E-state index contributed by atoms with van der Waals surface area (Å²) in [7, 11) is 0. The number of aromatic nitrogens is 4. The standard InChI is InChI=1S/C16H16N4/c1-2-15(16-7-8-17-11-18-16)13-5-3-12(4-6-13)14-9-19-20-10-14/h3-11,15H,2H2,1H3,(H,19,20). The minimum atomic E-state index is 0.316. The van der Waals surface area contributed by atoms with Gasteiger partial charge in [0.1, 0.15) is 6.33 Å². The van der Waals surface area contributed by atoms with Crippen molar-refractivity contribution in [2.75, 3.05) is 0 Å². The van der Waals surface area contributed by atoms with E-state index in [0.717, 1.165) is 17.7 Å². The van der Waals surface area contributed by atoms with E-state index in [9.17, 15) is 0 Å². The van der Waals surface area contributed by atoms with Crippen LogP contribution in [0.1, 0.15) is 30.5 Å². The lowest BCUT2D eigenvalue weighted by Gasteiger charge is -2.14. The second-order valence-corrected chi connectivity index (χ2v) is 4.70. The summed E-state index contributed by atoms with van der Waals surface area (Å²) in [4.78, 5) is 8.35. The number of aromatic amines is 1. The first-order valence-electron chi connectivity index (χ1n) is 6.73. The number of hydrogen-bond donors (Lipinski definition) is 1. The molecule has 4 nitrogen and oxygen atoms in total. The molecule has 4 heteroatoms. The van der Waals surface area contributed by atoms with Crippen LogP contribution >= 0.6 is 0 Å². The molecule has 1 unspecified atom stereocenters. The maximum atomic E-state index is 4.37. The molecule has 0 aliphatic rings. The van der Waals surface area contributed by atoms with Crippen LogP contribution in [0.5, 0.6) is 0 Å². The van der Waals surface area contributed by atoms with Crippen LogP contribution in [-0.2, 0) is 0 Å². The van der Waals surface area contributed by atoms with Crippen LogP contribution in [0.4, 0.5) is 0 Å². The van der Waals surface area contributed by atoms with Gasteiger partial charge in [-0.25, -0.2) is 9.97 Å². The van der Waals surface area contributed by atoms with E-state index in [0.29, 0.717) is 5.92 Å². The molecule has 2 heterocycles. The van der Waals surface area contributed by atoms with Crippen molar-refractivity contribution >= 4 is 0 Å². The molecule has 100 valence electrons. The van der Waals surface area contributed by atoms with Gasteiger partial charge in [0, 0.05) is 23.9 Å². The topological polar surface area (TPSA) is 54.5 Å². The average molecular weight is 264 g/mol. The summed E-state index contributed by atoms with van der Waals surface area (Å²) in [5.74, 6) is 0.316. The summed E-state index contributed by atoms with van der Waals surface area (Å²) >= 11 is 0. The zero-order valence-corrected chi connectivity index (χ0v) is 11.3. The van der Waals surface area contributed by atoms with E-state index < -0.39 is 0 Å². The summed E-state index contributed by atoms with van der Waals surface area (Å²) in [6, 6.07) is 10.6. The average Bonchev–Trinajstić information content (AvgIpc) is 3.04. The van der Waals surface area contributed by atoms with E-state index >= 15 is 0 Å². The van der Waals surface area contributed by atoms with Crippen molar-refractivity contribution in [3.8, 4) is 11.1 Å². The minimum Gasteiger partial charge on any atom is -0.285 e. The summed E-state index contributed by atoms with van der Waals surface area (Å²) in [6.45, 7) is 2.18. The molecule has 20 heavy (non-hydrogen) atoms. The van der Waals surface area contributed by atoms with Crippen molar-refractivity contribution in [3.05, 3.63) is 66.5 Å². The van der Waals surface area contributed by atoms with Gasteiger partial charge in [-0.15, -0.1) is 0 Å². The molecule has 3 aromatic rings. The third-order valence-corrected chi connectivity index (χ3v) is 3.51. The van der Waals surface area contributed by atoms with Crippen molar-refractivity contribution in [1.29, 1.82) is 0 Å². The number of nitrogens with one attached hydrogen (secondary N) is 1. The normalized spacial score (nSPS) is 12.2. The Morgan fingerprint density at radius 1 is 1.10 bits per heavy atom. The molecular formula is C16H16N4. The largest absolute Gasteiger partial charge is 0.285 e. The zero-order valence-electron chi connectivity index (χ0n) is 11.3. The maximum absolute atomic E-state index is 4.37. The van der Waals surface area contributed by atoms with Gasteiger partial charge in [-0.3, -0.25) is 5.10 Å². The van der Waals surface area contributed by atoms with Crippen LogP contribution in [0.3, 0.4) is 0 Å². The zero-order chi connectivity index (χ0) is 13.8. The first kappa shape index (κ1) is 12.5. The lowest BCUT2D eigenvalue weighted by molar-refractivity contribution is 0.745. The van der Waals surface area contributed by atoms with Crippen LogP contribution in [0.15, 0.2) is 55.2 Å². The quantitative estimate of drug-likeness (QED) is 0.785. The summed E-state index contributed by atoms with van der Waals surface area (Å²) < 4.78 is 0. The Morgan fingerprint density at radius 3 is 2.55 bits per heavy atom. The lowest BCUT2D eigenvalue weighted by Crippen LogP contribution is -2.02. The number of benzene rings is 1. The van der Waals surface area contributed by atoms with Gasteiger partial charge >= 0.3 is 0 Å². The van der Waals surface area contributed by atoms with Gasteiger partial charge in [0.25, 0.3) is 0 Å². The van der Waals surface area contributed by atoms with Gasteiger partial charge in [0.05, 0.1) is 11.9 Å². The molecule has 0 amide bonds. The van der Waals surface area contributed by atoms with Crippen LogP contribution in [0.2, 0.25) is 0 Å². The molecule has 0 saturated heterocycles. The second kappa shape index (κ2) is 5.65. The number of rotatable bonds is 4. The fourth-order valence-corrected chi connectivity index (χ4v) is 2.44. The Balaban J connectivity index is 1.90. The lowest BCUT2D eigenvalue weighted by atomic mass is 9.92. The second-order valence-electron chi connectivity index (χ2n) is 4.70. The third-order valence-electron chi connectivity index (χ3n) is 3.51. The Labute approximate surface area is 117 Å². The summed E-state index contributed by atoms with van der Waals surface area (Å²) in [6.07, 6.45) is 8.15. The van der Waals surface area contributed by atoms with E-state index in [2.05, 4.69) is 51.4 Å². The molecule has 0 fully saturated rings. The maximum Gasteiger partial charge on any atom is 0.115 e. The molecule has 0 bridgehead atoms. The van der Waals surface area contributed by atoms with Crippen molar-refractivity contribution < 1.29 is 0 Å². The Hall–Kier alpha value is -2.49. The first-order chi connectivity index (χ1) is 9.88. The molecule has 3 rings (SSSR count). The van der Waals surface area contributed by atoms with Crippen LogP contribution < -0.4 is 0 Å². The highest BCUT2D eigenvalue weighted by Gasteiger charge is 2.13. The van der Waals surface area contributed by atoms with E-state index in [4.69, 9.17) is 0 Å². The first-order valence-corrected chi connectivity index (χ1v) is 6.73. The van der Waals surface area contributed by atoms with Crippen molar-refractivity contribution in [2.24, 2.45) is 0 Å². The summed E-state index contributed by atoms with van der Waals surface area (Å²) in [5, 5.41) is 6.81. The highest BCUT2D eigenvalue weighted by atomic mass is 15.1.